The molecule has 5 unspecified atom stereocenters. The molecule has 2 rings (SSSR count). The van der Waals surface area contributed by atoms with Gasteiger partial charge in [0.15, 0.2) is 9.04 Å². The fourth-order valence-electron chi connectivity index (χ4n) is 3.10. The van der Waals surface area contributed by atoms with Crippen LogP contribution in [0.1, 0.15) is 46.5 Å². The quantitative estimate of drug-likeness (QED) is 0.405. The lowest BCUT2D eigenvalue weighted by atomic mass is 9.87. The van der Waals surface area contributed by atoms with E-state index in [-0.39, 0.29) is 6.29 Å². The molecule has 2 fully saturated rings. The zero-order valence-electron chi connectivity index (χ0n) is 12.2. The Balaban J connectivity index is 1.77. The van der Waals surface area contributed by atoms with E-state index < -0.39 is 9.04 Å². The van der Waals surface area contributed by atoms with Gasteiger partial charge in [-0.15, -0.1) is 0 Å². The van der Waals surface area contributed by atoms with Crippen LogP contribution in [0.3, 0.4) is 0 Å². The van der Waals surface area contributed by atoms with Gasteiger partial charge < -0.3 is 13.9 Å². The normalized spacial score (nSPS) is 34.2. The molecule has 1 aliphatic carbocycles. The van der Waals surface area contributed by atoms with Crippen LogP contribution in [0, 0.1) is 5.92 Å². The molecule has 4 heteroatoms. The fourth-order valence-corrected chi connectivity index (χ4v) is 5.16. The second-order valence-electron chi connectivity index (χ2n) is 6.12. The van der Waals surface area contributed by atoms with Gasteiger partial charge in [-0.1, -0.05) is 20.8 Å². The Hall–Kier alpha value is 0.0969. The lowest BCUT2D eigenvalue weighted by molar-refractivity contribution is -0.0736. The van der Waals surface area contributed by atoms with Crippen molar-refractivity contribution in [2.45, 2.75) is 76.5 Å². The third kappa shape index (κ3) is 3.79. The van der Waals surface area contributed by atoms with Crippen LogP contribution in [0.25, 0.3) is 0 Å². The summed E-state index contributed by atoms with van der Waals surface area (Å²) in [6, 6.07) is 1.19. The summed E-state index contributed by atoms with van der Waals surface area (Å²) < 4.78 is 17.4. The third-order valence-electron chi connectivity index (χ3n) is 4.37. The summed E-state index contributed by atoms with van der Waals surface area (Å²) in [6.45, 7) is 6.79. The van der Waals surface area contributed by atoms with Crippen molar-refractivity contribution in [1.29, 1.82) is 0 Å². The second-order valence-corrected chi connectivity index (χ2v) is 9.62. The molecule has 1 saturated heterocycles. The van der Waals surface area contributed by atoms with Gasteiger partial charge in [-0.3, -0.25) is 0 Å². The van der Waals surface area contributed by atoms with E-state index in [1.807, 2.05) is 0 Å². The first kappa shape index (κ1) is 14.5. The summed E-state index contributed by atoms with van der Waals surface area (Å²) in [5, 5.41) is 0. The van der Waals surface area contributed by atoms with E-state index in [2.05, 4.69) is 20.8 Å². The van der Waals surface area contributed by atoms with Gasteiger partial charge in [-0.2, -0.15) is 0 Å². The minimum Gasteiger partial charge on any atom is -0.395 e. The Morgan fingerprint density at radius 3 is 2.61 bits per heavy atom. The maximum Gasteiger partial charge on any atom is 0.182 e. The molecule has 106 valence electrons. The van der Waals surface area contributed by atoms with E-state index in [4.69, 9.17) is 13.9 Å². The molecule has 1 heterocycles. The lowest BCUT2D eigenvalue weighted by Gasteiger charge is -2.28. The van der Waals surface area contributed by atoms with Crippen molar-refractivity contribution in [2.24, 2.45) is 5.92 Å². The largest absolute Gasteiger partial charge is 0.395 e. The Morgan fingerprint density at radius 2 is 2.06 bits per heavy atom. The van der Waals surface area contributed by atoms with Gasteiger partial charge in [-0.25, -0.2) is 0 Å². The van der Waals surface area contributed by atoms with Gasteiger partial charge in [0, 0.05) is 13.5 Å². The van der Waals surface area contributed by atoms with Gasteiger partial charge in [0.2, 0.25) is 0 Å². The number of rotatable bonds is 7. The number of epoxide rings is 1. The lowest BCUT2D eigenvalue weighted by Crippen LogP contribution is -2.31. The Kier molecular flexibility index (Phi) is 5.24. The van der Waals surface area contributed by atoms with Crippen LogP contribution in [0.4, 0.5) is 0 Å². The maximum absolute atomic E-state index is 6.24. The number of fused-ring (bicyclic) bond motifs is 1. The van der Waals surface area contributed by atoms with Gasteiger partial charge in [0.1, 0.15) is 6.29 Å². The molecule has 18 heavy (non-hydrogen) atoms. The average molecular weight is 272 g/mol. The van der Waals surface area contributed by atoms with Crippen molar-refractivity contribution in [3.8, 4) is 0 Å². The van der Waals surface area contributed by atoms with Gasteiger partial charge in [0.25, 0.3) is 0 Å². The van der Waals surface area contributed by atoms with Crippen LogP contribution in [0.15, 0.2) is 0 Å². The fraction of sp³-hybridized carbons (Fsp3) is 1.00. The first-order valence-corrected chi connectivity index (χ1v) is 9.43. The van der Waals surface area contributed by atoms with Crippen molar-refractivity contribution in [2.75, 3.05) is 7.11 Å². The standard InChI is InChI=1S/C14H28O3Si/c1-5-18(10(2)3)17-14(15-4)9-11-6-7-12-13(8-11)16-12/h10-14,18H,5-9H2,1-4H3. The van der Waals surface area contributed by atoms with Crippen LogP contribution in [-0.2, 0) is 13.9 Å². The van der Waals surface area contributed by atoms with E-state index in [0.717, 1.165) is 12.3 Å². The minimum absolute atomic E-state index is 0.0179. The molecule has 0 spiro atoms. The summed E-state index contributed by atoms with van der Waals surface area (Å²) in [7, 11) is 0.688. The number of hydrogen-bond donors (Lipinski definition) is 0. The van der Waals surface area contributed by atoms with E-state index in [1.54, 1.807) is 7.11 Å². The molecule has 0 radical (unpaired) electrons. The predicted molar refractivity (Wildman–Crippen MR) is 75.2 cm³/mol. The number of hydrogen-bond acceptors (Lipinski definition) is 3. The second kappa shape index (κ2) is 6.50. The van der Waals surface area contributed by atoms with E-state index in [9.17, 15) is 0 Å². The molecule has 5 atom stereocenters. The zero-order valence-corrected chi connectivity index (χ0v) is 13.4. The molecule has 0 aromatic rings. The monoisotopic (exact) mass is 272 g/mol. The smallest absolute Gasteiger partial charge is 0.182 e. The van der Waals surface area contributed by atoms with Crippen LogP contribution >= 0.6 is 0 Å². The summed E-state index contributed by atoms with van der Waals surface area (Å²) in [5.41, 5.74) is 0.690. The molecular weight excluding hydrogens is 244 g/mol. The molecule has 1 saturated carbocycles. The Bertz CT molecular complexity index is 259. The van der Waals surface area contributed by atoms with Crippen LogP contribution in [0.2, 0.25) is 11.6 Å². The summed E-state index contributed by atoms with van der Waals surface area (Å²) in [4.78, 5) is 0. The average Bonchev–Trinajstić information content (AvgIpc) is 3.12. The number of ether oxygens (including phenoxy) is 2. The highest BCUT2D eigenvalue weighted by molar-refractivity contribution is 6.53. The topological polar surface area (TPSA) is 31.0 Å². The molecule has 0 amide bonds. The Morgan fingerprint density at radius 1 is 1.28 bits per heavy atom. The molecule has 0 N–H and O–H groups in total. The maximum atomic E-state index is 6.24. The first-order valence-electron chi connectivity index (χ1n) is 7.47. The van der Waals surface area contributed by atoms with Crippen molar-refractivity contribution >= 4 is 9.04 Å². The Labute approximate surface area is 113 Å². The summed E-state index contributed by atoms with van der Waals surface area (Å²) in [5.74, 6) is 0.734. The van der Waals surface area contributed by atoms with E-state index >= 15 is 0 Å². The number of methoxy groups -OCH3 is 1. The van der Waals surface area contributed by atoms with Crippen LogP contribution in [-0.4, -0.2) is 34.6 Å². The van der Waals surface area contributed by atoms with E-state index in [1.165, 1.54) is 25.3 Å². The zero-order chi connectivity index (χ0) is 13.1. The van der Waals surface area contributed by atoms with Crippen molar-refractivity contribution in [3.05, 3.63) is 0 Å². The van der Waals surface area contributed by atoms with Crippen molar-refractivity contribution in [1.82, 2.24) is 0 Å². The van der Waals surface area contributed by atoms with Crippen LogP contribution < -0.4 is 0 Å². The molecule has 2 aliphatic rings. The van der Waals surface area contributed by atoms with Crippen LogP contribution in [0.5, 0.6) is 0 Å². The molecule has 0 aromatic heterocycles. The minimum atomic E-state index is -1.10. The molecular formula is C14H28O3Si. The molecule has 0 bridgehead atoms. The van der Waals surface area contributed by atoms with Gasteiger partial charge >= 0.3 is 0 Å². The summed E-state index contributed by atoms with van der Waals surface area (Å²) >= 11 is 0. The van der Waals surface area contributed by atoms with Crippen molar-refractivity contribution < 1.29 is 13.9 Å². The van der Waals surface area contributed by atoms with Gasteiger partial charge in [-0.05, 0) is 36.8 Å². The highest BCUT2D eigenvalue weighted by Gasteiger charge is 2.44. The molecule has 3 nitrogen and oxygen atoms in total. The van der Waals surface area contributed by atoms with E-state index in [0.29, 0.717) is 17.7 Å². The molecule has 1 aliphatic heterocycles. The van der Waals surface area contributed by atoms with Crippen molar-refractivity contribution in [3.63, 3.8) is 0 Å². The first-order chi connectivity index (χ1) is 8.63. The molecule has 0 aromatic carbocycles. The third-order valence-corrected chi connectivity index (χ3v) is 7.32. The highest BCUT2D eigenvalue weighted by Crippen LogP contribution is 2.41. The SMILES string of the molecule is CC[SiH](OC(CC1CCC2OC2C1)OC)C(C)C. The summed E-state index contributed by atoms with van der Waals surface area (Å²) in [6.07, 6.45) is 5.97. The highest BCUT2D eigenvalue weighted by atomic mass is 28.3. The predicted octanol–water partition coefficient (Wildman–Crippen LogP) is 3.09. The van der Waals surface area contributed by atoms with Gasteiger partial charge in [0.05, 0.1) is 12.2 Å².